The van der Waals surface area contributed by atoms with Gasteiger partial charge in [-0.25, -0.2) is 19.6 Å². The lowest BCUT2D eigenvalue weighted by Gasteiger charge is -2.55. The number of carbonyl (C=O) groups is 3. The van der Waals surface area contributed by atoms with Crippen LogP contribution in [0.1, 0.15) is 87.5 Å². The number of unbranched alkanes of at least 4 members (excludes halogenated alkanes) is 1. The topological polar surface area (TPSA) is 108 Å². The Morgan fingerprint density at radius 3 is 2.20 bits per heavy atom. The molecule has 1 aromatic rings. The third-order valence-electron chi connectivity index (χ3n) is 11.9. The SMILES string of the molecule is CCCC[C@H]1CN(C[C@@H]2[C@@H]3CN(C(=O)OCC)C[C@@H]32)C(=O)OC12CCN(C1(C)CCN(C(=O)c3c(C)ncnc3C)CC1)CC2. The zero-order chi connectivity index (χ0) is 31.9. The van der Waals surface area contributed by atoms with Crippen molar-refractivity contribution in [3.05, 3.63) is 23.3 Å². The minimum atomic E-state index is -0.394. The molecule has 4 atom stereocenters. The van der Waals surface area contributed by atoms with Gasteiger partial charge in [0.05, 0.1) is 23.6 Å². The average Bonchev–Trinajstić information content (AvgIpc) is 3.44. The van der Waals surface area contributed by atoms with Crippen molar-refractivity contribution in [1.82, 2.24) is 29.6 Å². The lowest BCUT2D eigenvalue weighted by atomic mass is 9.74. The number of hydrogen-bond donors (Lipinski definition) is 0. The zero-order valence-corrected chi connectivity index (χ0v) is 27.9. The number of carbonyl (C=O) groups excluding carboxylic acids is 3. The Labute approximate surface area is 268 Å². The van der Waals surface area contributed by atoms with Crippen molar-refractivity contribution in [2.75, 3.05) is 59.0 Å². The van der Waals surface area contributed by atoms with E-state index in [0.29, 0.717) is 48.9 Å². The van der Waals surface area contributed by atoms with Gasteiger partial charge in [0.25, 0.3) is 5.91 Å². The quantitative estimate of drug-likeness (QED) is 0.416. The first-order valence-electron chi connectivity index (χ1n) is 17.3. The van der Waals surface area contributed by atoms with E-state index in [1.165, 1.54) is 6.33 Å². The first-order chi connectivity index (χ1) is 21.6. The fourth-order valence-electron chi connectivity index (χ4n) is 8.82. The molecule has 3 amide bonds. The van der Waals surface area contributed by atoms with Crippen LogP contribution in [-0.4, -0.2) is 118 Å². The summed E-state index contributed by atoms with van der Waals surface area (Å²) in [6.45, 7) is 16.8. The van der Waals surface area contributed by atoms with Gasteiger partial charge in [0, 0.05) is 76.7 Å². The lowest BCUT2D eigenvalue weighted by molar-refractivity contribution is -0.133. The summed E-state index contributed by atoms with van der Waals surface area (Å²) in [6, 6.07) is 0. The van der Waals surface area contributed by atoms with E-state index in [4.69, 9.17) is 9.47 Å². The van der Waals surface area contributed by atoms with Crippen LogP contribution >= 0.6 is 0 Å². The molecule has 45 heavy (non-hydrogen) atoms. The summed E-state index contributed by atoms with van der Waals surface area (Å²) in [5.41, 5.74) is 1.73. The fourth-order valence-corrected chi connectivity index (χ4v) is 8.82. The van der Waals surface area contributed by atoms with Gasteiger partial charge in [0.15, 0.2) is 0 Å². The number of aromatic nitrogens is 2. The number of amides is 3. The van der Waals surface area contributed by atoms with E-state index >= 15 is 0 Å². The highest BCUT2D eigenvalue weighted by Crippen LogP contribution is 2.53. The van der Waals surface area contributed by atoms with Gasteiger partial charge in [0.2, 0.25) is 0 Å². The van der Waals surface area contributed by atoms with Crippen LogP contribution in [0.2, 0.25) is 0 Å². The van der Waals surface area contributed by atoms with Crippen molar-refractivity contribution < 1.29 is 23.9 Å². The molecule has 5 heterocycles. The van der Waals surface area contributed by atoms with Gasteiger partial charge in [-0.1, -0.05) is 19.8 Å². The summed E-state index contributed by atoms with van der Waals surface area (Å²) in [6.07, 6.45) is 8.05. The van der Waals surface area contributed by atoms with Crippen LogP contribution in [-0.2, 0) is 9.47 Å². The van der Waals surface area contributed by atoms with E-state index in [-0.39, 0.29) is 23.6 Å². The van der Waals surface area contributed by atoms with E-state index < -0.39 is 5.60 Å². The fraction of sp³-hybridized carbons (Fsp3) is 0.794. The van der Waals surface area contributed by atoms with Crippen LogP contribution < -0.4 is 0 Å². The summed E-state index contributed by atoms with van der Waals surface area (Å²) >= 11 is 0. The maximum absolute atomic E-state index is 13.5. The normalized spacial score (nSPS) is 29.0. The second kappa shape index (κ2) is 12.7. The molecule has 5 fully saturated rings. The molecule has 0 N–H and O–H groups in total. The summed E-state index contributed by atoms with van der Waals surface area (Å²) in [4.78, 5) is 55.9. The third-order valence-corrected chi connectivity index (χ3v) is 11.9. The van der Waals surface area contributed by atoms with Gasteiger partial charge in [-0.3, -0.25) is 9.69 Å². The number of likely N-dealkylation sites (tertiary alicyclic amines) is 3. The molecule has 0 radical (unpaired) electrons. The predicted octanol–water partition coefficient (Wildman–Crippen LogP) is 4.52. The van der Waals surface area contributed by atoms with Gasteiger partial charge < -0.3 is 24.2 Å². The number of piperidine rings is 3. The molecule has 0 unspecified atom stereocenters. The number of ether oxygens (including phenoxy) is 2. The molecule has 5 aliphatic rings. The molecular weight excluding hydrogens is 572 g/mol. The monoisotopic (exact) mass is 624 g/mol. The van der Waals surface area contributed by atoms with Crippen molar-refractivity contribution >= 4 is 18.1 Å². The van der Waals surface area contributed by atoms with E-state index in [2.05, 4.69) is 28.7 Å². The van der Waals surface area contributed by atoms with Crippen LogP contribution in [0.15, 0.2) is 6.33 Å². The van der Waals surface area contributed by atoms with Gasteiger partial charge in [-0.15, -0.1) is 0 Å². The Balaban J connectivity index is 1.03. The molecule has 1 aliphatic carbocycles. The van der Waals surface area contributed by atoms with Crippen molar-refractivity contribution in [2.24, 2.45) is 23.7 Å². The van der Waals surface area contributed by atoms with E-state index in [1.54, 1.807) is 0 Å². The highest BCUT2D eigenvalue weighted by atomic mass is 16.6. The van der Waals surface area contributed by atoms with Crippen molar-refractivity contribution in [3.8, 4) is 0 Å². The Morgan fingerprint density at radius 2 is 1.60 bits per heavy atom. The number of nitrogens with zero attached hydrogens (tertiary/aromatic N) is 6. The maximum Gasteiger partial charge on any atom is 0.410 e. The molecule has 1 saturated carbocycles. The molecule has 0 aromatic carbocycles. The first kappa shape index (κ1) is 32.0. The molecule has 11 nitrogen and oxygen atoms in total. The molecule has 1 spiro atoms. The Hall–Kier alpha value is -2.95. The molecule has 6 rings (SSSR count). The van der Waals surface area contributed by atoms with E-state index in [9.17, 15) is 14.4 Å². The van der Waals surface area contributed by atoms with Crippen molar-refractivity contribution in [1.29, 1.82) is 0 Å². The van der Waals surface area contributed by atoms with Crippen LogP contribution in [0.25, 0.3) is 0 Å². The molecule has 248 valence electrons. The summed E-state index contributed by atoms with van der Waals surface area (Å²) in [5.74, 6) is 1.75. The molecule has 4 aliphatic heterocycles. The highest BCUT2D eigenvalue weighted by Gasteiger charge is 2.59. The van der Waals surface area contributed by atoms with Crippen LogP contribution in [0, 0.1) is 37.5 Å². The molecule has 1 aromatic heterocycles. The van der Waals surface area contributed by atoms with Crippen LogP contribution in [0.4, 0.5) is 9.59 Å². The summed E-state index contributed by atoms with van der Waals surface area (Å²) in [5, 5.41) is 0. The number of aryl methyl sites for hydroxylation is 2. The van der Waals surface area contributed by atoms with Crippen molar-refractivity contribution in [2.45, 2.75) is 90.7 Å². The predicted molar refractivity (Wildman–Crippen MR) is 169 cm³/mol. The number of rotatable bonds is 8. The zero-order valence-electron chi connectivity index (χ0n) is 27.9. The van der Waals surface area contributed by atoms with Crippen molar-refractivity contribution in [3.63, 3.8) is 0 Å². The van der Waals surface area contributed by atoms with E-state index in [1.807, 2.05) is 35.5 Å². The smallest absolute Gasteiger partial charge is 0.410 e. The molecular formula is C34H52N6O5. The lowest BCUT2D eigenvalue weighted by Crippen LogP contribution is -2.63. The van der Waals surface area contributed by atoms with Gasteiger partial charge in [0.1, 0.15) is 11.9 Å². The Morgan fingerprint density at radius 1 is 0.956 bits per heavy atom. The van der Waals surface area contributed by atoms with E-state index in [0.717, 1.165) is 95.6 Å². The first-order valence-corrected chi connectivity index (χ1v) is 17.3. The molecule has 11 heteroatoms. The number of hydrogen-bond acceptors (Lipinski definition) is 8. The number of fused-ring (bicyclic) bond motifs is 1. The average molecular weight is 625 g/mol. The summed E-state index contributed by atoms with van der Waals surface area (Å²) in [7, 11) is 0. The largest absolute Gasteiger partial charge is 0.450 e. The highest BCUT2D eigenvalue weighted by molar-refractivity contribution is 5.96. The molecule has 0 bridgehead atoms. The maximum atomic E-state index is 13.5. The van der Waals surface area contributed by atoms with Gasteiger partial charge in [-0.05, 0) is 64.7 Å². The van der Waals surface area contributed by atoms with Crippen LogP contribution in [0.3, 0.4) is 0 Å². The minimum Gasteiger partial charge on any atom is -0.450 e. The minimum absolute atomic E-state index is 0.0144. The van der Waals surface area contributed by atoms with Crippen LogP contribution in [0.5, 0.6) is 0 Å². The Bertz CT molecular complexity index is 1240. The second-order valence-corrected chi connectivity index (χ2v) is 14.5. The third kappa shape index (κ3) is 6.13. The Kier molecular flexibility index (Phi) is 9.02. The standard InChI is InChI=1S/C34H52N6O5/c1-6-8-9-25-18-38(19-26-27-20-39(21-28(26)27)31(42)44-7-2)32(43)45-34(25)12-16-40(17-13-34)33(5)10-14-37(15-11-33)30(41)29-23(3)35-22-36-24(29)4/h22,25-28H,6-21H2,1-5H3/t25-,26-,27+,28-/m0/s1. The van der Waals surface area contributed by atoms with Gasteiger partial charge >= 0.3 is 12.2 Å². The molecule has 4 saturated heterocycles. The summed E-state index contributed by atoms with van der Waals surface area (Å²) < 4.78 is 11.7. The van der Waals surface area contributed by atoms with Gasteiger partial charge in [-0.2, -0.15) is 0 Å². The second-order valence-electron chi connectivity index (χ2n) is 14.5.